The topological polar surface area (TPSA) is 0 Å². The predicted octanol–water partition coefficient (Wildman–Crippen LogP) is 8.19. The molecule has 0 saturated heterocycles. The van der Waals surface area contributed by atoms with E-state index >= 15 is 0 Å². The summed E-state index contributed by atoms with van der Waals surface area (Å²) in [6.07, 6.45) is 14.9. The zero-order valence-corrected chi connectivity index (χ0v) is 16.2. The molecule has 0 radical (unpaired) electrons. The molecule has 1 unspecified atom stereocenters. The molecule has 2 aliphatic carbocycles. The van der Waals surface area contributed by atoms with Crippen LogP contribution in [0.15, 0.2) is 30.3 Å². The first kappa shape index (κ1) is 19.6. The Bertz CT molecular complexity index is 564. The van der Waals surface area contributed by atoms with E-state index in [2.05, 4.69) is 13.0 Å². The van der Waals surface area contributed by atoms with E-state index in [0.29, 0.717) is 0 Å². The maximum absolute atomic E-state index is 12.7. The second-order valence-corrected chi connectivity index (χ2v) is 8.46. The molecule has 0 spiro atoms. The van der Waals surface area contributed by atoms with Gasteiger partial charge in [0, 0.05) is 5.56 Å². The summed E-state index contributed by atoms with van der Waals surface area (Å²) >= 11 is 0. The van der Waals surface area contributed by atoms with Crippen LogP contribution in [0.1, 0.15) is 95.1 Å². The molecule has 1 saturated carbocycles. The number of alkyl halides is 2. The third-order valence-electron chi connectivity index (χ3n) is 6.76. The number of benzene rings is 1. The quantitative estimate of drug-likeness (QED) is 0.430. The highest BCUT2D eigenvalue weighted by Crippen LogP contribution is 2.42. The number of unbranched alkanes of at least 4 members (excludes halogenated alkanes) is 2. The summed E-state index contributed by atoms with van der Waals surface area (Å²) in [5.74, 6) is 2.74. The molecular weight excluding hydrogens is 326 g/mol. The molecule has 26 heavy (non-hydrogen) atoms. The van der Waals surface area contributed by atoms with Crippen molar-refractivity contribution in [3.8, 4) is 0 Å². The van der Waals surface area contributed by atoms with Gasteiger partial charge in [-0.25, -0.2) is 8.78 Å². The molecule has 0 heterocycles. The van der Waals surface area contributed by atoms with Crippen molar-refractivity contribution < 1.29 is 8.78 Å². The van der Waals surface area contributed by atoms with Crippen LogP contribution in [0.25, 0.3) is 5.57 Å². The average molecular weight is 361 g/mol. The van der Waals surface area contributed by atoms with Gasteiger partial charge in [0.25, 0.3) is 6.43 Å². The first-order valence-electron chi connectivity index (χ1n) is 10.7. The zero-order valence-electron chi connectivity index (χ0n) is 16.2. The van der Waals surface area contributed by atoms with Crippen LogP contribution in [0.5, 0.6) is 0 Å². The zero-order chi connectivity index (χ0) is 18.4. The van der Waals surface area contributed by atoms with E-state index in [9.17, 15) is 8.78 Å². The molecule has 0 aliphatic heterocycles. The Morgan fingerprint density at radius 3 is 2.23 bits per heavy atom. The fraction of sp³-hybridized carbons (Fsp3) is 0.667. The SMILES string of the molecule is CCCCCC1CCC(C2CC=C(c3ccc(C(F)F)cc3)CC2)CC1. The number of hydrogen-bond donors (Lipinski definition) is 0. The van der Waals surface area contributed by atoms with Gasteiger partial charge in [-0.1, -0.05) is 75.8 Å². The average Bonchev–Trinajstić information content (AvgIpc) is 2.69. The molecule has 0 N–H and O–H groups in total. The maximum Gasteiger partial charge on any atom is 0.263 e. The molecule has 1 aromatic carbocycles. The predicted molar refractivity (Wildman–Crippen MR) is 106 cm³/mol. The van der Waals surface area contributed by atoms with Gasteiger partial charge in [-0.3, -0.25) is 0 Å². The molecule has 0 nitrogen and oxygen atoms in total. The van der Waals surface area contributed by atoms with Gasteiger partial charge >= 0.3 is 0 Å². The lowest BCUT2D eigenvalue weighted by Crippen LogP contribution is -2.23. The summed E-state index contributed by atoms with van der Waals surface area (Å²) in [7, 11) is 0. The van der Waals surface area contributed by atoms with Crippen molar-refractivity contribution in [2.45, 2.75) is 84.0 Å². The lowest BCUT2D eigenvalue weighted by atomic mass is 9.70. The van der Waals surface area contributed by atoms with Gasteiger partial charge < -0.3 is 0 Å². The number of halogens is 2. The van der Waals surface area contributed by atoms with E-state index in [1.165, 1.54) is 69.8 Å². The highest BCUT2D eigenvalue weighted by Gasteiger charge is 2.28. The minimum Gasteiger partial charge on any atom is -0.205 e. The molecule has 1 aromatic rings. The largest absolute Gasteiger partial charge is 0.263 e. The fourth-order valence-corrected chi connectivity index (χ4v) is 5.02. The lowest BCUT2D eigenvalue weighted by Gasteiger charge is -2.35. The van der Waals surface area contributed by atoms with Crippen molar-refractivity contribution in [1.29, 1.82) is 0 Å². The Balaban J connectivity index is 1.47. The van der Waals surface area contributed by atoms with Crippen LogP contribution in [0, 0.1) is 17.8 Å². The molecule has 2 aliphatic rings. The fourth-order valence-electron chi connectivity index (χ4n) is 5.02. The molecule has 1 fully saturated rings. The van der Waals surface area contributed by atoms with Crippen molar-refractivity contribution in [3.05, 3.63) is 41.5 Å². The molecule has 2 heteroatoms. The molecule has 0 amide bonds. The first-order valence-corrected chi connectivity index (χ1v) is 10.7. The van der Waals surface area contributed by atoms with Crippen LogP contribution in [-0.2, 0) is 0 Å². The Hall–Kier alpha value is -1.18. The standard InChI is InChI=1S/C24H34F2/c1-2-3-4-5-18-6-8-19(9-7-18)20-10-12-21(13-11-20)22-14-16-23(17-15-22)24(25)26/h12,14-20,24H,2-11,13H2,1H3. The summed E-state index contributed by atoms with van der Waals surface area (Å²) < 4.78 is 25.4. The minimum absolute atomic E-state index is 0.124. The number of rotatable bonds is 7. The Morgan fingerprint density at radius 1 is 0.923 bits per heavy atom. The van der Waals surface area contributed by atoms with Crippen molar-refractivity contribution in [1.82, 2.24) is 0 Å². The van der Waals surface area contributed by atoms with Gasteiger partial charge in [-0.05, 0) is 61.0 Å². The summed E-state index contributed by atoms with van der Waals surface area (Å²) in [5.41, 5.74) is 2.61. The first-order chi connectivity index (χ1) is 12.7. The van der Waals surface area contributed by atoms with Crippen molar-refractivity contribution in [2.75, 3.05) is 0 Å². The Labute approximate surface area is 158 Å². The molecule has 3 rings (SSSR count). The van der Waals surface area contributed by atoms with E-state index in [1.54, 1.807) is 12.1 Å². The summed E-state index contributed by atoms with van der Waals surface area (Å²) in [5, 5.41) is 0. The van der Waals surface area contributed by atoms with Crippen molar-refractivity contribution in [2.24, 2.45) is 17.8 Å². The lowest BCUT2D eigenvalue weighted by molar-refractivity contribution is 0.151. The third kappa shape index (κ3) is 5.18. The number of allylic oxidation sites excluding steroid dienone is 2. The van der Waals surface area contributed by atoms with Crippen LogP contribution in [0.4, 0.5) is 8.78 Å². The smallest absolute Gasteiger partial charge is 0.205 e. The Morgan fingerprint density at radius 2 is 1.65 bits per heavy atom. The molecule has 144 valence electrons. The highest BCUT2D eigenvalue weighted by molar-refractivity contribution is 5.66. The third-order valence-corrected chi connectivity index (χ3v) is 6.76. The van der Waals surface area contributed by atoms with E-state index in [4.69, 9.17) is 0 Å². The van der Waals surface area contributed by atoms with Crippen LogP contribution in [-0.4, -0.2) is 0 Å². The van der Waals surface area contributed by atoms with Gasteiger partial charge in [0.1, 0.15) is 0 Å². The van der Waals surface area contributed by atoms with Gasteiger partial charge in [-0.2, -0.15) is 0 Å². The van der Waals surface area contributed by atoms with Gasteiger partial charge in [-0.15, -0.1) is 0 Å². The Kier molecular flexibility index (Phi) is 7.28. The molecule has 0 aromatic heterocycles. The minimum atomic E-state index is -2.37. The summed E-state index contributed by atoms with van der Waals surface area (Å²) in [4.78, 5) is 0. The van der Waals surface area contributed by atoms with Gasteiger partial charge in [0.2, 0.25) is 0 Å². The summed E-state index contributed by atoms with van der Waals surface area (Å²) in [6, 6.07) is 6.89. The van der Waals surface area contributed by atoms with E-state index in [-0.39, 0.29) is 5.56 Å². The van der Waals surface area contributed by atoms with E-state index in [1.807, 2.05) is 12.1 Å². The molecule has 0 bridgehead atoms. The van der Waals surface area contributed by atoms with Crippen LogP contribution >= 0.6 is 0 Å². The highest BCUT2D eigenvalue weighted by atomic mass is 19.3. The molecular formula is C24H34F2. The van der Waals surface area contributed by atoms with Crippen LogP contribution in [0.3, 0.4) is 0 Å². The molecule has 1 atom stereocenters. The summed E-state index contributed by atoms with van der Waals surface area (Å²) in [6.45, 7) is 2.29. The van der Waals surface area contributed by atoms with E-state index in [0.717, 1.165) is 29.7 Å². The second kappa shape index (κ2) is 9.67. The van der Waals surface area contributed by atoms with E-state index < -0.39 is 6.43 Å². The van der Waals surface area contributed by atoms with Crippen molar-refractivity contribution >= 4 is 5.57 Å². The van der Waals surface area contributed by atoms with Crippen LogP contribution < -0.4 is 0 Å². The van der Waals surface area contributed by atoms with Crippen molar-refractivity contribution in [3.63, 3.8) is 0 Å². The van der Waals surface area contributed by atoms with Gasteiger partial charge in [0.15, 0.2) is 0 Å². The normalized spacial score (nSPS) is 26.8. The second-order valence-electron chi connectivity index (χ2n) is 8.46. The number of hydrogen-bond acceptors (Lipinski definition) is 0. The van der Waals surface area contributed by atoms with Crippen LogP contribution in [0.2, 0.25) is 0 Å². The monoisotopic (exact) mass is 360 g/mol. The maximum atomic E-state index is 12.7. The van der Waals surface area contributed by atoms with Gasteiger partial charge in [0.05, 0.1) is 0 Å².